The van der Waals surface area contributed by atoms with Gasteiger partial charge in [-0.05, 0) is 6.92 Å². The summed E-state index contributed by atoms with van der Waals surface area (Å²) in [5.41, 5.74) is 5.64. The SMILES string of the molecule is CC(N)C(C)C(=O)N1CCOC(C(=O)O)C1. The van der Waals surface area contributed by atoms with E-state index < -0.39 is 12.1 Å². The number of ether oxygens (including phenoxy) is 1. The molecule has 0 aromatic heterocycles. The van der Waals surface area contributed by atoms with Crippen molar-refractivity contribution in [2.45, 2.75) is 26.0 Å². The van der Waals surface area contributed by atoms with Crippen LogP contribution in [-0.2, 0) is 14.3 Å². The van der Waals surface area contributed by atoms with Gasteiger partial charge in [-0.3, -0.25) is 4.79 Å². The molecular formula is C10H18N2O4. The first-order chi connectivity index (χ1) is 7.43. The van der Waals surface area contributed by atoms with E-state index >= 15 is 0 Å². The fourth-order valence-electron chi connectivity index (χ4n) is 1.51. The maximum atomic E-state index is 11.9. The van der Waals surface area contributed by atoms with Crippen molar-refractivity contribution in [2.75, 3.05) is 19.7 Å². The Bertz CT molecular complexity index is 280. The number of amides is 1. The molecular weight excluding hydrogens is 212 g/mol. The third-order valence-corrected chi connectivity index (χ3v) is 2.83. The number of carboxylic acids is 1. The van der Waals surface area contributed by atoms with Gasteiger partial charge in [0.2, 0.25) is 5.91 Å². The third kappa shape index (κ3) is 2.93. The predicted molar refractivity (Wildman–Crippen MR) is 56.8 cm³/mol. The lowest BCUT2D eigenvalue weighted by Crippen LogP contribution is -2.51. The number of nitrogens with two attached hydrogens (primary N) is 1. The molecule has 92 valence electrons. The van der Waals surface area contributed by atoms with Crippen LogP contribution in [-0.4, -0.2) is 53.7 Å². The molecule has 0 saturated carbocycles. The zero-order chi connectivity index (χ0) is 12.3. The van der Waals surface area contributed by atoms with Crippen LogP contribution in [0.25, 0.3) is 0 Å². The van der Waals surface area contributed by atoms with Crippen molar-refractivity contribution in [3.63, 3.8) is 0 Å². The summed E-state index contributed by atoms with van der Waals surface area (Å²) in [6, 6.07) is -0.237. The molecule has 0 aromatic rings. The lowest BCUT2D eigenvalue weighted by molar-refractivity contribution is -0.160. The zero-order valence-electron chi connectivity index (χ0n) is 9.55. The Morgan fingerprint density at radius 2 is 2.12 bits per heavy atom. The molecule has 1 aliphatic heterocycles. The highest BCUT2D eigenvalue weighted by Gasteiger charge is 2.31. The molecule has 1 heterocycles. The van der Waals surface area contributed by atoms with Crippen molar-refractivity contribution in [2.24, 2.45) is 11.7 Å². The Kier molecular flexibility index (Phi) is 4.26. The molecule has 1 saturated heterocycles. The largest absolute Gasteiger partial charge is 0.479 e. The van der Waals surface area contributed by atoms with Gasteiger partial charge in [0.1, 0.15) is 0 Å². The van der Waals surface area contributed by atoms with Crippen molar-refractivity contribution in [1.29, 1.82) is 0 Å². The smallest absolute Gasteiger partial charge is 0.334 e. The van der Waals surface area contributed by atoms with Crippen molar-refractivity contribution in [3.8, 4) is 0 Å². The lowest BCUT2D eigenvalue weighted by Gasteiger charge is -2.33. The van der Waals surface area contributed by atoms with Gasteiger partial charge in [-0.25, -0.2) is 4.79 Å². The molecule has 0 bridgehead atoms. The van der Waals surface area contributed by atoms with Gasteiger partial charge in [-0.2, -0.15) is 0 Å². The molecule has 3 atom stereocenters. The van der Waals surface area contributed by atoms with E-state index in [1.165, 1.54) is 4.90 Å². The summed E-state index contributed by atoms with van der Waals surface area (Å²) in [5, 5.41) is 8.80. The number of rotatable bonds is 3. The third-order valence-electron chi connectivity index (χ3n) is 2.83. The molecule has 1 fully saturated rings. The molecule has 1 rings (SSSR count). The molecule has 6 heteroatoms. The van der Waals surface area contributed by atoms with Crippen LogP contribution in [0.3, 0.4) is 0 Å². The Morgan fingerprint density at radius 1 is 1.50 bits per heavy atom. The van der Waals surface area contributed by atoms with Crippen LogP contribution >= 0.6 is 0 Å². The van der Waals surface area contributed by atoms with Gasteiger partial charge in [-0.1, -0.05) is 6.92 Å². The minimum absolute atomic E-state index is 0.102. The average molecular weight is 230 g/mol. The standard InChI is InChI=1S/C10H18N2O4/c1-6(7(2)11)9(13)12-3-4-16-8(5-12)10(14)15/h6-8H,3-5,11H2,1-2H3,(H,14,15). The maximum absolute atomic E-state index is 11.9. The number of hydrogen-bond donors (Lipinski definition) is 2. The van der Waals surface area contributed by atoms with Gasteiger partial charge in [-0.15, -0.1) is 0 Å². The Balaban J connectivity index is 2.60. The Labute approximate surface area is 94.3 Å². The van der Waals surface area contributed by atoms with E-state index in [9.17, 15) is 9.59 Å². The average Bonchev–Trinajstić information content (AvgIpc) is 2.27. The number of morpholine rings is 1. The van der Waals surface area contributed by atoms with E-state index in [0.717, 1.165) is 0 Å². The van der Waals surface area contributed by atoms with Crippen molar-refractivity contribution in [3.05, 3.63) is 0 Å². The normalized spacial score (nSPS) is 24.9. The molecule has 0 aliphatic carbocycles. The van der Waals surface area contributed by atoms with Gasteiger partial charge in [0.25, 0.3) is 0 Å². The van der Waals surface area contributed by atoms with Crippen LogP contribution in [0.2, 0.25) is 0 Å². The summed E-state index contributed by atoms with van der Waals surface area (Å²) >= 11 is 0. The summed E-state index contributed by atoms with van der Waals surface area (Å²) in [6.07, 6.45) is -0.919. The van der Waals surface area contributed by atoms with Crippen molar-refractivity contribution in [1.82, 2.24) is 4.90 Å². The second-order valence-electron chi connectivity index (χ2n) is 4.13. The van der Waals surface area contributed by atoms with Gasteiger partial charge in [0.15, 0.2) is 6.10 Å². The Hall–Kier alpha value is -1.14. The van der Waals surface area contributed by atoms with Crippen molar-refractivity contribution < 1.29 is 19.4 Å². The molecule has 1 amide bonds. The van der Waals surface area contributed by atoms with Crippen LogP contribution in [0.5, 0.6) is 0 Å². The summed E-state index contributed by atoms with van der Waals surface area (Å²) in [4.78, 5) is 24.2. The van der Waals surface area contributed by atoms with E-state index in [0.29, 0.717) is 6.54 Å². The number of hydrogen-bond acceptors (Lipinski definition) is 4. The molecule has 3 N–H and O–H groups in total. The van der Waals surface area contributed by atoms with E-state index in [2.05, 4.69) is 0 Å². The highest BCUT2D eigenvalue weighted by Crippen LogP contribution is 2.11. The quantitative estimate of drug-likeness (QED) is 0.667. The molecule has 0 spiro atoms. The predicted octanol–water partition coefficient (Wildman–Crippen LogP) is -0.718. The fraction of sp³-hybridized carbons (Fsp3) is 0.800. The summed E-state index contributed by atoms with van der Waals surface area (Å²) < 4.78 is 5.04. The van der Waals surface area contributed by atoms with E-state index in [4.69, 9.17) is 15.6 Å². The van der Waals surface area contributed by atoms with Gasteiger partial charge in [0.05, 0.1) is 19.1 Å². The molecule has 1 aliphatic rings. The van der Waals surface area contributed by atoms with Crippen LogP contribution in [0, 0.1) is 5.92 Å². The first-order valence-electron chi connectivity index (χ1n) is 5.32. The first-order valence-corrected chi connectivity index (χ1v) is 5.32. The van der Waals surface area contributed by atoms with Crippen molar-refractivity contribution >= 4 is 11.9 Å². The summed E-state index contributed by atoms with van der Waals surface area (Å²) in [5.74, 6) is -1.44. The highest BCUT2D eigenvalue weighted by atomic mass is 16.5. The fourth-order valence-corrected chi connectivity index (χ4v) is 1.51. The molecule has 16 heavy (non-hydrogen) atoms. The maximum Gasteiger partial charge on any atom is 0.334 e. The molecule has 6 nitrogen and oxygen atoms in total. The van der Waals surface area contributed by atoms with Crippen LogP contribution < -0.4 is 5.73 Å². The lowest BCUT2D eigenvalue weighted by atomic mass is 10.0. The minimum Gasteiger partial charge on any atom is -0.479 e. The molecule has 3 unspecified atom stereocenters. The zero-order valence-corrected chi connectivity index (χ0v) is 9.55. The highest BCUT2D eigenvalue weighted by molar-refractivity contribution is 5.80. The summed E-state index contributed by atoms with van der Waals surface area (Å²) in [7, 11) is 0. The molecule has 0 radical (unpaired) electrons. The van der Waals surface area contributed by atoms with E-state index in [1.54, 1.807) is 13.8 Å². The second-order valence-corrected chi connectivity index (χ2v) is 4.13. The second kappa shape index (κ2) is 5.27. The van der Waals surface area contributed by atoms with E-state index in [1.807, 2.05) is 0 Å². The number of nitrogens with zero attached hydrogens (tertiary/aromatic N) is 1. The van der Waals surface area contributed by atoms with Gasteiger partial charge < -0.3 is 20.5 Å². The number of aliphatic carboxylic acids is 1. The number of carbonyl (C=O) groups is 2. The topological polar surface area (TPSA) is 92.9 Å². The Morgan fingerprint density at radius 3 is 2.62 bits per heavy atom. The van der Waals surface area contributed by atoms with Gasteiger partial charge in [0, 0.05) is 12.6 Å². The summed E-state index contributed by atoms with van der Waals surface area (Å²) in [6.45, 7) is 4.30. The van der Waals surface area contributed by atoms with Crippen LogP contribution in [0.1, 0.15) is 13.8 Å². The van der Waals surface area contributed by atoms with Gasteiger partial charge >= 0.3 is 5.97 Å². The minimum atomic E-state index is -1.04. The monoisotopic (exact) mass is 230 g/mol. The first kappa shape index (κ1) is 12.9. The van der Waals surface area contributed by atoms with Crippen LogP contribution in [0.4, 0.5) is 0 Å². The number of carbonyl (C=O) groups excluding carboxylic acids is 1. The molecule has 0 aromatic carbocycles. The number of carboxylic acid groups (broad SMARTS) is 1. The van der Waals surface area contributed by atoms with E-state index in [-0.39, 0.29) is 31.0 Å². The van der Waals surface area contributed by atoms with Crippen LogP contribution in [0.15, 0.2) is 0 Å².